The molecule has 0 radical (unpaired) electrons. The summed E-state index contributed by atoms with van der Waals surface area (Å²) in [7, 11) is 0. The molecule has 10 N–H and O–H groups in total. The second-order valence-electron chi connectivity index (χ2n) is 9.44. The van der Waals surface area contributed by atoms with E-state index >= 15 is 0 Å². The summed E-state index contributed by atoms with van der Waals surface area (Å²) in [6.07, 6.45) is -20.0. The van der Waals surface area contributed by atoms with E-state index in [1.807, 2.05) is 0 Å². The van der Waals surface area contributed by atoms with Gasteiger partial charge >= 0.3 is 0 Å². The van der Waals surface area contributed by atoms with E-state index in [0.717, 1.165) is 0 Å². The highest BCUT2D eigenvalue weighted by Gasteiger charge is 2.55. The molecule has 0 aliphatic carbocycles. The topological polar surface area (TPSA) is 257 Å². The van der Waals surface area contributed by atoms with Crippen LogP contribution in [0.2, 0.25) is 0 Å². The Morgan fingerprint density at radius 2 is 1.43 bits per heavy atom. The molecule has 0 aromatic rings. The summed E-state index contributed by atoms with van der Waals surface area (Å²) in [5, 5.41) is 93.1. The van der Waals surface area contributed by atoms with Crippen LogP contribution < -0.4 is 5.32 Å². The molecule has 1 amide bonds. The Morgan fingerprint density at radius 3 is 2.00 bits per heavy atom. The predicted octanol–water partition coefficient (Wildman–Crippen LogP) is -6.15. The first kappa shape index (κ1) is 30.5. The van der Waals surface area contributed by atoms with Crippen molar-refractivity contribution in [3.05, 3.63) is 0 Å². The standard InChI is InChI=1S/C21H37NO15/c1-6-11(22-7(2)26)20(34-9(4-24)12(6)28)37-18-15(31)16(8(27)3-23)35-21(18)36-17-14(30)13(29)10(5-25)33-19(17)32/h6,8-21,23-25,27-32H,3-5H2,1-2H3,(H,22,26)/t6-,8-,9-,10-,11-,12+,13+,14+,15+,16+,17-,18-,19?,20-,21-/m1/s1. The van der Waals surface area contributed by atoms with Crippen molar-refractivity contribution in [1.29, 1.82) is 0 Å². The number of carbonyl (C=O) groups is 1. The summed E-state index contributed by atoms with van der Waals surface area (Å²) in [4.78, 5) is 11.8. The van der Waals surface area contributed by atoms with Crippen LogP contribution >= 0.6 is 0 Å². The minimum atomic E-state index is -1.86. The number of aliphatic hydroxyl groups excluding tert-OH is 9. The minimum absolute atomic E-state index is 0.494. The van der Waals surface area contributed by atoms with Gasteiger partial charge in [0.15, 0.2) is 18.9 Å². The molecule has 3 saturated heterocycles. The zero-order valence-electron chi connectivity index (χ0n) is 20.3. The molecule has 3 aliphatic rings. The van der Waals surface area contributed by atoms with Crippen molar-refractivity contribution in [2.75, 3.05) is 19.8 Å². The number of carbonyl (C=O) groups excluding carboxylic acids is 1. The maximum Gasteiger partial charge on any atom is 0.217 e. The average molecular weight is 544 g/mol. The molecule has 3 rings (SSSR count). The van der Waals surface area contributed by atoms with E-state index in [1.165, 1.54) is 6.92 Å². The summed E-state index contributed by atoms with van der Waals surface area (Å²) < 4.78 is 27.7. The minimum Gasteiger partial charge on any atom is -0.394 e. The van der Waals surface area contributed by atoms with Crippen LogP contribution in [0.5, 0.6) is 0 Å². The zero-order chi connectivity index (χ0) is 27.6. The number of hydrogen-bond acceptors (Lipinski definition) is 15. The van der Waals surface area contributed by atoms with Crippen LogP contribution in [0.1, 0.15) is 13.8 Å². The Hall–Kier alpha value is -1.09. The monoisotopic (exact) mass is 543 g/mol. The van der Waals surface area contributed by atoms with Gasteiger partial charge in [-0.3, -0.25) is 4.79 Å². The van der Waals surface area contributed by atoms with Gasteiger partial charge < -0.3 is 75.0 Å². The van der Waals surface area contributed by atoms with Gasteiger partial charge in [-0.15, -0.1) is 0 Å². The van der Waals surface area contributed by atoms with Crippen LogP contribution in [0.15, 0.2) is 0 Å². The molecule has 1 unspecified atom stereocenters. The zero-order valence-corrected chi connectivity index (χ0v) is 20.3. The fraction of sp³-hybridized carbons (Fsp3) is 0.952. The molecule has 37 heavy (non-hydrogen) atoms. The first-order valence-electron chi connectivity index (χ1n) is 11.9. The van der Waals surface area contributed by atoms with Gasteiger partial charge in [0.1, 0.15) is 54.9 Å². The Bertz CT molecular complexity index is 747. The van der Waals surface area contributed by atoms with Gasteiger partial charge in [0.05, 0.1) is 32.0 Å². The van der Waals surface area contributed by atoms with Gasteiger partial charge in [-0.25, -0.2) is 0 Å². The molecule has 3 fully saturated rings. The summed E-state index contributed by atoms with van der Waals surface area (Å²) in [6.45, 7) is 0.663. The van der Waals surface area contributed by atoms with Crippen LogP contribution in [-0.2, 0) is 28.5 Å². The second kappa shape index (κ2) is 12.8. The van der Waals surface area contributed by atoms with Crippen molar-refractivity contribution in [3.8, 4) is 0 Å². The lowest BCUT2D eigenvalue weighted by Crippen LogP contribution is -2.63. The summed E-state index contributed by atoms with van der Waals surface area (Å²) >= 11 is 0. The Morgan fingerprint density at radius 1 is 0.838 bits per heavy atom. The third kappa shape index (κ3) is 6.39. The molecular weight excluding hydrogens is 506 g/mol. The number of ether oxygens (including phenoxy) is 5. The lowest BCUT2D eigenvalue weighted by atomic mass is 9.88. The maximum atomic E-state index is 11.8. The molecular formula is C21H37NO15. The quantitative estimate of drug-likeness (QED) is 0.130. The highest BCUT2D eigenvalue weighted by Crippen LogP contribution is 2.35. The number of aliphatic hydroxyl groups is 9. The number of amides is 1. The van der Waals surface area contributed by atoms with Crippen LogP contribution in [0, 0.1) is 5.92 Å². The third-order valence-electron chi connectivity index (χ3n) is 6.86. The lowest BCUT2D eigenvalue weighted by Gasteiger charge is -2.45. The van der Waals surface area contributed by atoms with Crippen molar-refractivity contribution in [1.82, 2.24) is 5.32 Å². The normalized spacial score (nSPS) is 47.5. The molecule has 0 aromatic heterocycles. The smallest absolute Gasteiger partial charge is 0.217 e. The van der Waals surface area contributed by atoms with E-state index in [4.69, 9.17) is 23.7 Å². The molecule has 15 atom stereocenters. The van der Waals surface area contributed by atoms with Crippen LogP contribution in [-0.4, -0.2) is 158 Å². The highest BCUT2D eigenvalue weighted by molar-refractivity contribution is 5.73. The van der Waals surface area contributed by atoms with Crippen LogP contribution in [0.3, 0.4) is 0 Å². The van der Waals surface area contributed by atoms with Crippen molar-refractivity contribution >= 4 is 5.91 Å². The molecule has 3 heterocycles. The highest BCUT2D eigenvalue weighted by atomic mass is 16.8. The molecule has 16 nitrogen and oxygen atoms in total. The number of nitrogens with one attached hydrogen (secondary N) is 1. The van der Waals surface area contributed by atoms with Gasteiger partial charge in [-0.2, -0.15) is 0 Å². The fourth-order valence-corrected chi connectivity index (χ4v) is 4.70. The summed E-state index contributed by atoms with van der Waals surface area (Å²) in [6, 6.07) is -0.980. The lowest BCUT2D eigenvalue weighted by molar-refractivity contribution is -0.341. The molecule has 16 heteroatoms. The predicted molar refractivity (Wildman–Crippen MR) is 116 cm³/mol. The first-order chi connectivity index (χ1) is 17.4. The van der Waals surface area contributed by atoms with Gasteiger partial charge in [0, 0.05) is 12.8 Å². The molecule has 3 aliphatic heterocycles. The molecule has 0 bridgehead atoms. The van der Waals surface area contributed by atoms with E-state index < -0.39 is 118 Å². The van der Waals surface area contributed by atoms with Crippen molar-refractivity contribution < 1.29 is 74.4 Å². The van der Waals surface area contributed by atoms with E-state index in [2.05, 4.69) is 5.32 Å². The Balaban J connectivity index is 1.86. The second-order valence-corrected chi connectivity index (χ2v) is 9.44. The number of hydrogen-bond donors (Lipinski definition) is 10. The Kier molecular flexibility index (Phi) is 10.6. The van der Waals surface area contributed by atoms with Crippen LogP contribution in [0.4, 0.5) is 0 Å². The van der Waals surface area contributed by atoms with Crippen molar-refractivity contribution in [2.24, 2.45) is 5.92 Å². The maximum absolute atomic E-state index is 11.8. The molecule has 0 spiro atoms. The number of rotatable bonds is 9. The third-order valence-corrected chi connectivity index (χ3v) is 6.86. The van der Waals surface area contributed by atoms with Crippen molar-refractivity contribution in [2.45, 2.75) is 99.8 Å². The van der Waals surface area contributed by atoms with Crippen molar-refractivity contribution in [3.63, 3.8) is 0 Å². The average Bonchev–Trinajstić information content (AvgIpc) is 3.17. The SMILES string of the molecule is CC(=O)N[C@H]1[C@@H](O[C@H]2[C@@H](O[C@H]3C(O)O[C@H](CO)[C@H](O)[C@@H]3O)O[C@@H]([C@H](O)CO)[C@@H]2O)O[C@H](CO)[C@@H](O)[C@@H]1C. The first-order valence-corrected chi connectivity index (χ1v) is 11.9. The van der Waals surface area contributed by atoms with Gasteiger partial charge in [0.2, 0.25) is 5.91 Å². The summed E-state index contributed by atoms with van der Waals surface area (Å²) in [5.74, 6) is -1.19. The van der Waals surface area contributed by atoms with Crippen LogP contribution in [0.25, 0.3) is 0 Å². The van der Waals surface area contributed by atoms with E-state index in [1.54, 1.807) is 6.92 Å². The Labute approximate surface area is 211 Å². The van der Waals surface area contributed by atoms with Gasteiger partial charge in [-0.1, -0.05) is 6.92 Å². The molecule has 216 valence electrons. The molecule has 0 saturated carbocycles. The van der Waals surface area contributed by atoms with Gasteiger partial charge in [-0.05, 0) is 0 Å². The van der Waals surface area contributed by atoms with Gasteiger partial charge in [0.25, 0.3) is 0 Å². The van der Waals surface area contributed by atoms with E-state index in [0.29, 0.717) is 0 Å². The largest absolute Gasteiger partial charge is 0.394 e. The van der Waals surface area contributed by atoms with E-state index in [9.17, 15) is 50.8 Å². The fourth-order valence-electron chi connectivity index (χ4n) is 4.70. The summed E-state index contributed by atoms with van der Waals surface area (Å²) in [5.41, 5.74) is 0. The molecule has 0 aromatic carbocycles. The van der Waals surface area contributed by atoms with E-state index in [-0.39, 0.29) is 0 Å².